The molecule has 0 aliphatic rings. The van der Waals surface area contributed by atoms with Crippen LogP contribution in [0.4, 0.5) is 0 Å². The summed E-state index contributed by atoms with van der Waals surface area (Å²) in [6, 6.07) is 4.93. The second-order valence-corrected chi connectivity index (χ2v) is 5.66. The first-order valence-electron chi connectivity index (χ1n) is 8.54. The number of benzene rings is 1. The van der Waals surface area contributed by atoms with Crippen molar-refractivity contribution in [3.05, 3.63) is 23.8 Å². The normalized spacial score (nSPS) is 11.5. The van der Waals surface area contributed by atoms with Crippen molar-refractivity contribution in [2.75, 3.05) is 20.3 Å². The summed E-state index contributed by atoms with van der Waals surface area (Å²) < 4.78 is 10.9. The number of amides is 2. The van der Waals surface area contributed by atoms with Crippen LogP contribution >= 0.6 is 0 Å². The van der Waals surface area contributed by atoms with Crippen LogP contribution in [0.1, 0.15) is 50.4 Å². The van der Waals surface area contributed by atoms with E-state index in [4.69, 9.17) is 14.3 Å². The molecule has 140 valence electrons. The molecular formula is C18H28N2O5. The quantitative estimate of drug-likeness (QED) is 0.472. The van der Waals surface area contributed by atoms with Crippen molar-refractivity contribution in [3.63, 3.8) is 0 Å². The van der Waals surface area contributed by atoms with Gasteiger partial charge in [-0.15, -0.1) is 0 Å². The zero-order chi connectivity index (χ0) is 18.7. The van der Waals surface area contributed by atoms with Crippen LogP contribution in [0.2, 0.25) is 0 Å². The lowest BCUT2D eigenvalue weighted by Crippen LogP contribution is -2.37. The van der Waals surface area contributed by atoms with Crippen LogP contribution in [0.5, 0.6) is 11.5 Å². The number of ether oxygens (including phenoxy) is 2. The number of hydroxylamine groups is 1. The molecule has 2 amide bonds. The van der Waals surface area contributed by atoms with Crippen molar-refractivity contribution >= 4 is 11.8 Å². The molecule has 0 radical (unpaired) electrons. The minimum absolute atomic E-state index is 0.0660. The van der Waals surface area contributed by atoms with Gasteiger partial charge in [0, 0.05) is 11.6 Å². The summed E-state index contributed by atoms with van der Waals surface area (Å²) in [4.78, 5) is 28.6. The Morgan fingerprint density at radius 2 is 1.96 bits per heavy atom. The lowest BCUT2D eigenvalue weighted by atomic mass is 10.2. The molecule has 0 aromatic heterocycles. The Kier molecular flexibility index (Phi) is 9.39. The zero-order valence-electron chi connectivity index (χ0n) is 15.4. The van der Waals surface area contributed by atoms with E-state index >= 15 is 0 Å². The number of nitrogens with one attached hydrogen (secondary N) is 2. The number of carbonyl (C=O) groups excluding carboxylic acids is 2. The van der Waals surface area contributed by atoms with Crippen molar-refractivity contribution in [2.45, 2.75) is 46.1 Å². The van der Waals surface area contributed by atoms with Crippen LogP contribution < -0.4 is 20.3 Å². The van der Waals surface area contributed by atoms with Gasteiger partial charge in [0.1, 0.15) is 0 Å². The Bertz CT molecular complexity index is 562. The van der Waals surface area contributed by atoms with E-state index in [2.05, 4.69) is 17.7 Å². The largest absolute Gasteiger partial charge is 0.493 e. The lowest BCUT2D eigenvalue weighted by Gasteiger charge is -2.13. The van der Waals surface area contributed by atoms with Gasteiger partial charge in [-0.3, -0.25) is 14.4 Å². The van der Waals surface area contributed by atoms with E-state index in [0.29, 0.717) is 23.7 Å². The number of rotatable bonds is 11. The van der Waals surface area contributed by atoms with Crippen LogP contribution in [0, 0.1) is 0 Å². The van der Waals surface area contributed by atoms with E-state index in [-0.39, 0.29) is 18.6 Å². The Morgan fingerprint density at radius 3 is 2.60 bits per heavy atom. The standard InChI is InChI=1S/C18H28N2O5/c1-5-7-10-24-15-9-8-14(11-16(15)23-4)18(22)20-25-12-17(21)19-13(3)6-2/h8-9,11,13H,5-7,10,12H2,1-4H3,(H,19,21)(H,20,22)/t13-/m0/s1. The van der Waals surface area contributed by atoms with Gasteiger partial charge in [-0.2, -0.15) is 0 Å². The molecule has 0 bridgehead atoms. The fourth-order valence-corrected chi connectivity index (χ4v) is 1.90. The van der Waals surface area contributed by atoms with Crippen molar-refractivity contribution in [1.82, 2.24) is 10.8 Å². The molecule has 7 nitrogen and oxygen atoms in total. The van der Waals surface area contributed by atoms with Crippen molar-refractivity contribution in [1.29, 1.82) is 0 Å². The summed E-state index contributed by atoms with van der Waals surface area (Å²) in [5, 5.41) is 2.74. The van der Waals surface area contributed by atoms with Gasteiger partial charge in [0.2, 0.25) is 5.91 Å². The Hall–Kier alpha value is -2.28. The summed E-state index contributed by atoms with van der Waals surface area (Å²) in [6.45, 7) is 6.29. The number of carbonyl (C=O) groups is 2. The zero-order valence-corrected chi connectivity index (χ0v) is 15.4. The minimum atomic E-state index is -0.463. The molecular weight excluding hydrogens is 324 g/mol. The van der Waals surface area contributed by atoms with Crippen molar-refractivity contribution in [2.24, 2.45) is 0 Å². The maximum atomic E-state index is 12.1. The van der Waals surface area contributed by atoms with Gasteiger partial charge in [0.25, 0.3) is 5.91 Å². The number of hydrogen-bond donors (Lipinski definition) is 2. The second kappa shape index (κ2) is 11.3. The van der Waals surface area contributed by atoms with Gasteiger partial charge in [-0.1, -0.05) is 20.3 Å². The molecule has 0 heterocycles. The van der Waals surface area contributed by atoms with Gasteiger partial charge < -0.3 is 14.8 Å². The molecule has 1 rings (SSSR count). The predicted octanol–water partition coefficient (Wildman–Crippen LogP) is 2.45. The molecule has 0 aliphatic heterocycles. The van der Waals surface area contributed by atoms with Gasteiger partial charge in [0.05, 0.1) is 13.7 Å². The highest BCUT2D eigenvalue weighted by Crippen LogP contribution is 2.28. The Balaban J connectivity index is 2.53. The summed E-state index contributed by atoms with van der Waals surface area (Å²) in [5.41, 5.74) is 2.60. The molecule has 0 saturated heterocycles. The van der Waals surface area contributed by atoms with E-state index in [1.165, 1.54) is 7.11 Å². The first-order valence-corrected chi connectivity index (χ1v) is 8.54. The van der Waals surface area contributed by atoms with E-state index < -0.39 is 5.91 Å². The molecule has 0 spiro atoms. The highest BCUT2D eigenvalue weighted by Gasteiger charge is 2.12. The molecule has 1 atom stereocenters. The number of methoxy groups -OCH3 is 1. The highest BCUT2D eigenvalue weighted by molar-refractivity contribution is 5.94. The molecule has 1 aromatic rings. The first-order chi connectivity index (χ1) is 12.0. The number of hydrogen-bond acceptors (Lipinski definition) is 5. The molecule has 0 saturated carbocycles. The predicted molar refractivity (Wildman–Crippen MR) is 94.7 cm³/mol. The molecule has 0 aliphatic carbocycles. The van der Waals surface area contributed by atoms with E-state index in [9.17, 15) is 9.59 Å². The van der Waals surface area contributed by atoms with Crippen LogP contribution in [0.15, 0.2) is 18.2 Å². The fourth-order valence-electron chi connectivity index (χ4n) is 1.90. The summed E-state index contributed by atoms with van der Waals surface area (Å²) >= 11 is 0. The van der Waals surface area contributed by atoms with E-state index in [0.717, 1.165) is 19.3 Å². The molecule has 7 heteroatoms. The van der Waals surface area contributed by atoms with Crippen molar-refractivity contribution in [3.8, 4) is 11.5 Å². The average molecular weight is 352 g/mol. The maximum absolute atomic E-state index is 12.1. The third kappa shape index (κ3) is 7.43. The number of unbranched alkanes of at least 4 members (excludes halogenated alkanes) is 1. The van der Waals surface area contributed by atoms with Crippen molar-refractivity contribution < 1.29 is 23.9 Å². The van der Waals surface area contributed by atoms with Gasteiger partial charge >= 0.3 is 0 Å². The molecule has 25 heavy (non-hydrogen) atoms. The highest BCUT2D eigenvalue weighted by atomic mass is 16.7. The Morgan fingerprint density at radius 1 is 1.20 bits per heavy atom. The maximum Gasteiger partial charge on any atom is 0.274 e. The van der Waals surface area contributed by atoms with Crippen LogP contribution in [-0.4, -0.2) is 38.2 Å². The summed E-state index contributed by atoms with van der Waals surface area (Å²) in [7, 11) is 1.51. The summed E-state index contributed by atoms with van der Waals surface area (Å²) in [5.74, 6) is 0.307. The first kappa shape index (κ1) is 20.8. The van der Waals surface area contributed by atoms with Gasteiger partial charge in [0.15, 0.2) is 18.1 Å². The molecule has 1 aromatic carbocycles. The van der Waals surface area contributed by atoms with E-state index in [1.54, 1.807) is 18.2 Å². The lowest BCUT2D eigenvalue weighted by molar-refractivity contribution is -0.128. The fraction of sp³-hybridized carbons (Fsp3) is 0.556. The van der Waals surface area contributed by atoms with Gasteiger partial charge in [-0.25, -0.2) is 5.48 Å². The van der Waals surface area contributed by atoms with Crippen LogP contribution in [0.25, 0.3) is 0 Å². The topological polar surface area (TPSA) is 85.9 Å². The van der Waals surface area contributed by atoms with E-state index in [1.807, 2.05) is 13.8 Å². The molecule has 2 N–H and O–H groups in total. The minimum Gasteiger partial charge on any atom is -0.493 e. The van der Waals surface area contributed by atoms with Crippen LogP contribution in [0.3, 0.4) is 0 Å². The third-order valence-corrected chi connectivity index (χ3v) is 3.57. The smallest absolute Gasteiger partial charge is 0.274 e. The Labute approximate surface area is 149 Å². The second-order valence-electron chi connectivity index (χ2n) is 5.66. The van der Waals surface area contributed by atoms with Crippen LogP contribution in [-0.2, 0) is 9.63 Å². The monoisotopic (exact) mass is 352 g/mol. The third-order valence-electron chi connectivity index (χ3n) is 3.57. The summed E-state index contributed by atoms with van der Waals surface area (Å²) in [6.07, 6.45) is 2.80. The van der Waals surface area contributed by atoms with Gasteiger partial charge in [-0.05, 0) is 38.0 Å². The molecule has 0 unspecified atom stereocenters. The average Bonchev–Trinajstić information content (AvgIpc) is 2.61. The SMILES string of the molecule is CCCCOc1ccc(C(=O)NOCC(=O)N[C@@H](C)CC)cc1OC. The molecule has 0 fully saturated rings.